The first-order valence-corrected chi connectivity index (χ1v) is 8.03. The lowest BCUT2D eigenvalue weighted by Gasteiger charge is -2.29. The van der Waals surface area contributed by atoms with Crippen molar-refractivity contribution in [2.75, 3.05) is 20.1 Å². The zero-order valence-electron chi connectivity index (χ0n) is 12.0. The van der Waals surface area contributed by atoms with Gasteiger partial charge in [-0.1, -0.05) is 11.6 Å². The number of aliphatic hydroxyl groups is 1. The van der Waals surface area contributed by atoms with Crippen molar-refractivity contribution in [3.05, 3.63) is 28.8 Å². The first kappa shape index (κ1) is 19.0. The fourth-order valence-corrected chi connectivity index (χ4v) is 2.77. The minimum absolute atomic E-state index is 0.0791. The molecule has 1 unspecified atom stereocenters. The fourth-order valence-electron chi connectivity index (χ4n) is 2.02. The van der Waals surface area contributed by atoms with Crippen LogP contribution in [0.15, 0.2) is 23.1 Å². The maximum atomic E-state index is 12.2. The zero-order chi connectivity index (χ0) is 16.7. The topological polar surface area (TPSA) is 113 Å². The van der Waals surface area contributed by atoms with E-state index in [9.17, 15) is 18.7 Å². The molecule has 1 fully saturated rings. The van der Waals surface area contributed by atoms with Crippen molar-refractivity contribution in [1.29, 1.82) is 0 Å². The molecule has 1 saturated heterocycles. The number of nitrogens with zero attached hydrogens (tertiary/aromatic N) is 1. The van der Waals surface area contributed by atoms with Gasteiger partial charge in [-0.2, -0.15) is 0 Å². The van der Waals surface area contributed by atoms with Crippen LogP contribution in [0, 0.1) is 0 Å². The summed E-state index contributed by atoms with van der Waals surface area (Å²) in [4.78, 5) is 13.7. The number of carbonyl (C=O) groups is 1. The summed E-state index contributed by atoms with van der Waals surface area (Å²) in [6, 6.07) is 4.18. The van der Waals surface area contributed by atoms with Crippen LogP contribution in [0.1, 0.15) is 23.2 Å². The molecular formula is C13H18ClN2O5S-. The Kier molecular flexibility index (Phi) is 7.94. The molecule has 0 saturated carbocycles. The number of nitrogens with one attached hydrogen (secondary N) is 1. The minimum atomic E-state index is -2.47. The van der Waals surface area contributed by atoms with Gasteiger partial charge in [-0.05, 0) is 42.1 Å². The first-order chi connectivity index (χ1) is 10.4. The third-order valence-corrected chi connectivity index (χ3v) is 4.25. The summed E-state index contributed by atoms with van der Waals surface area (Å²) in [6.45, 7) is 0.941. The molecule has 1 heterocycles. The van der Waals surface area contributed by atoms with Crippen LogP contribution in [0.5, 0.6) is 0 Å². The predicted octanol–water partition coefficient (Wildman–Crippen LogP) is 0.770. The molecule has 0 aromatic heterocycles. The lowest BCUT2D eigenvalue weighted by molar-refractivity contribution is 0.0546. The van der Waals surface area contributed by atoms with Crippen LogP contribution in [0.3, 0.4) is 0 Å². The van der Waals surface area contributed by atoms with Crippen LogP contribution in [0.4, 0.5) is 0 Å². The molecule has 1 aliphatic rings. The van der Waals surface area contributed by atoms with Crippen LogP contribution in [0.25, 0.3) is 0 Å². The Morgan fingerprint density at radius 1 is 1.45 bits per heavy atom. The number of hydrogen-bond acceptors (Lipinski definition) is 6. The maximum absolute atomic E-state index is 12.2. The molecule has 0 radical (unpaired) electrons. The van der Waals surface area contributed by atoms with Crippen LogP contribution in [-0.2, 0) is 11.1 Å². The Bertz CT molecular complexity index is 535. The molecule has 7 nitrogen and oxygen atoms in total. The van der Waals surface area contributed by atoms with Gasteiger partial charge in [-0.15, -0.1) is 0 Å². The van der Waals surface area contributed by atoms with Crippen molar-refractivity contribution in [2.45, 2.75) is 23.8 Å². The van der Waals surface area contributed by atoms with Crippen molar-refractivity contribution < 1.29 is 23.9 Å². The summed E-state index contributed by atoms with van der Waals surface area (Å²) in [5.41, 5.74) is 2.04. The monoisotopic (exact) mass is 349 g/mol. The number of piperidine rings is 1. The number of hydroxylamine groups is 1. The van der Waals surface area contributed by atoms with Crippen LogP contribution in [0.2, 0.25) is 5.02 Å². The van der Waals surface area contributed by atoms with Gasteiger partial charge in [-0.25, -0.2) is 5.48 Å². The highest BCUT2D eigenvalue weighted by Crippen LogP contribution is 2.22. The lowest BCUT2D eigenvalue weighted by atomic mass is 10.1. The summed E-state index contributed by atoms with van der Waals surface area (Å²) < 4.78 is 21.9. The van der Waals surface area contributed by atoms with Gasteiger partial charge in [0.1, 0.15) is 0 Å². The summed E-state index contributed by atoms with van der Waals surface area (Å²) in [6.07, 6.45) is 0.721. The number of hydrogen-bond donors (Lipinski definition) is 3. The Balaban J connectivity index is 0.000000745. The van der Waals surface area contributed by atoms with Crippen LogP contribution in [-0.4, -0.2) is 56.1 Å². The number of benzene rings is 1. The van der Waals surface area contributed by atoms with Gasteiger partial charge in [0.2, 0.25) is 0 Å². The Hall–Kier alpha value is -1.03. The van der Waals surface area contributed by atoms with E-state index in [0.29, 0.717) is 31.5 Å². The van der Waals surface area contributed by atoms with E-state index < -0.39 is 11.1 Å². The quantitative estimate of drug-likeness (QED) is 0.537. The van der Waals surface area contributed by atoms with Gasteiger partial charge in [0.25, 0.3) is 5.91 Å². The standard InChI is InChI=1S/C12H14ClNO4S.CH5NO/c13-10-2-1-8(7-11(10)19(17)18)12(16)14-5-3-9(15)4-6-14;1-2-3/h1-2,7,9,15H,3-6H2,(H,17,18);2-3H,1H3/p-1. The van der Waals surface area contributed by atoms with E-state index in [0.717, 1.165) is 0 Å². The van der Waals surface area contributed by atoms with Crippen LogP contribution < -0.4 is 5.48 Å². The number of carbonyl (C=O) groups excluding carboxylic acids is 1. The number of rotatable bonds is 2. The normalized spacial score (nSPS) is 16.7. The molecule has 0 aliphatic carbocycles. The van der Waals surface area contributed by atoms with Crippen molar-refractivity contribution in [3.8, 4) is 0 Å². The molecule has 3 N–H and O–H groups in total. The molecule has 1 aromatic rings. The summed E-state index contributed by atoms with van der Waals surface area (Å²) in [5, 5.41) is 16.8. The fraction of sp³-hybridized carbons (Fsp3) is 0.462. The van der Waals surface area contributed by atoms with E-state index in [4.69, 9.17) is 16.8 Å². The zero-order valence-corrected chi connectivity index (χ0v) is 13.6. The van der Waals surface area contributed by atoms with E-state index in [2.05, 4.69) is 0 Å². The maximum Gasteiger partial charge on any atom is 0.253 e. The van der Waals surface area contributed by atoms with E-state index in [1.807, 2.05) is 0 Å². The molecule has 1 atom stereocenters. The van der Waals surface area contributed by atoms with E-state index in [1.165, 1.54) is 25.2 Å². The van der Waals surface area contributed by atoms with Gasteiger partial charge in [0.15, 0.2) is 0 Å². The Labute approximate surface area is 136 Å². The molecular weight excluding hydrogens is 332 g/mol. The van der Waals surface area contributed by atoms with Gasteiger partial charge in [0, 0.05) is 30.6 Å². The molecule has 2 rings (SSSR count). The molecule has 1 amide bonds. The largest absolute Gasteiger partial charge is 0.768 e. The summed E-state index contributed by atoms with van der Waals surface area (Å²) in [7, 11) is 1.43. The van der Waals surface area contributed by atoms with Gasteiger partial charge < -0.3 is 19.8 Å². The highest BCUT2D eigenvalue weighted by molar-refractivity contribution is 7.79. The van der Waals surface area contributed by atoms with Gasteiger partial charge >= 0.3 is 0 Å². The molecule has 0 bridgehead atoms. The predicted molar refractivity (Wildman–Crippen MR) is 80.6 cm³/mol. The molecule has 124 valence electrons. The second-order valence-electron chi connectivity index (χ2n) is 4.63. The van der Waals surface area contributed by atoms with Crippen molar-refractivity contribution in [1.82, 2.24) is 10.4 Å². The molecule has 9 heteroatoms. The summed E-state index contributed by atoms with van der Waals surface area (Å²) in [5.74, 6) is -0.240. The number of amides is 1. The molecule has 1 aliphatic heterocycles. The Morgan fingerprint density at radius 3 is 2.50 bits per heavy atom. The molecule has 22 heavy (non-hydrogen) atoms. The summed E-state index contributed by atoms with van der Waals surface area (Å²) >= 11 is 3.28. The number of halogens is 1. The third kappa shape index (κ3) is 5.31. The van der Waals surface area contributed by atoms with E-state index >= 15 is 0 Å². The average Bonchev–Trinajstić information content (AvgIpc) is 2.48. The van der Waals surface area contributed by atoms with E-state index in [-0.39, 0.29) is 21.9 Å². The molecule has 0 spiro atoms. The smallest absolute Gasteiger partial charge is 0.253 e. The average molecular weight is 350 g/mol. The van der Waals surface area contributed by atoms with Gasteiger partial charge in [0.05, 0.1) is 11.1 Å². The Morgan fingerprint density at radius 2 is 2.00 bits per heavy atom. The highest BCUT2D eigenvalue weighted by atomic mass is 35.5. The van der Waals surface area contributed by atoms with E-state index in [1.54, 1.807) is 10.4 Å². The SMILES string of the molecule is CNO.O=C(c1ccc(Cl)c(S(=O)[O-])c1)N1CCC(O)CC1. The van der Waals surface area contributed by atoms with Crippen molar-refractivity contribution >= 4 is 28.6 Å². The lowest BCUT2D eigenvalue weighted by Crippen LogP contribution is -2.40. The van der Waals surface area contributed by atoms with Crippen molar-refractivity contribution in [3.63, 3.8) is 0 Å². The van der Waals surface area contributed by atoms with Crippen molar-refractivity contribution in [2.24, 2.45) is 0 Å². The van der Waals surface area contributed by atoms with Gasteiger partial charge in [-0.3, -0.25) is 9.00 Å². The third-order valence-electron chi connectivity index (χ3n) is 3.11. The highest BCUT2D eigenvalue weighted by Gasteiger charge is 2.22. The number of likely N-dealkylation sites (tertiary alicyclic amines) is 1. The second kappa shape index (κ2) is 9.19. The second-order valence-corrected chi connectivity index (χ2v) is 5.94. The first-order valence-electron chi connectivity index (χ1n) is 6.57. The van der Waals surface area contributed by atoms with Crippen LogP contribution >= 0.6 is 11.6 Å². The number of aliphatic hydroxyl groups excluding tert-OH is 1. The molecule has 1 aromatic carbocycles. The minimum Gasteiger partial charge on any atom is -0.768 e.